The van der Waals surface area contributed by atoms with E-state index in [2.05, 4.69) is 15.4 Å². The number of hydrogen-bond acceptors (Lipinski definition) is 4. The van der Waals surface area contributed by atoms with Crippen molar-refractivity contribution in [2.75, 3.05) is 25.6 Å². The number of carbonyl (C=O) groups is 2. The van der Waals surface area contributed by atoms with Gasteiger partial charge in [-0.05, 0) is 49.7 Å². The lowest BCUT2D eigenvalue weighted by molar-refractivity contribution is 0.0600. The third kappa shape index (κ3) is 6.18. The molecule has 0 atom stereocenters. The molecule has 132 valence electrons. The molecule has 0 aliphatic carbocycles. The van der Waals surface area contributed by atoms with Crippen LogP contribution in [0.4, 0.5) is 10.5 Å². The van der Waals surface area contributed by atoms with Gasteiger partial charge in [0.25, 0.3) is 0 Å². The Morgan fingerprint density at radius 1 is 1.00 bits per heavy atom. The van der Waals surface area contributed by atoms with Crippen LogP contribution in [-0.2, 0) is 4.74 Å². The molecule has 6 nitrogen and oxygen atoms in total. The maximum atomic E-state index is 11.8. The van der Waals surface area contributed by atoms with Crippen LogP contribution in [0.2, 0.25) is 0 Å². The Balaban J connectivity index is 1.65. The highest BCUT2D eigenvalue weighted by Crippen LogP contribution is 2.12. The van der Waals surface area contributed by atoms with E-state index in [1.165, 1.54) is 12.7 Å². The van der Waals surface area contributed by atoms with E-state index in [1.807, 2.05) is 31.2 Å². The monoisotopic (exact) mass is 342 g/mol. The molecule has 0 fully saturated rings. The SMILES string of the molecule is COC(=O)c1ccc(NC(=O)NCCCOc2ccc(C)cc2)cc1. The molecule has 6 heteroatoms. The zero-order chi connectivity index (χ0) is 18.1. The Labute approximate surface area is 147 Å². The highest BCUT2D eigenvalue weighted by Gasteiger charge is 2.06. The number of rotatable bonds is 7. The number of carbonyl (C=O) groups excluding carboxylic acids is 2. The van der Waals surface area contributed by atoms with E-state index in [0.717, 1.165) is 5.75 Å². The molecule has 0 aliphatic heterocycles. The maximum absolute atomic E-state index is 11.8. The fraction of sp³-hybridized carbons (Fsp3) is 0.263. The summed E-state index contributed by atoms with van der Waals surface area (Å²) in [5.41, 5.74) is 2.22. The molecule has 2 rings (SSSR count). The molecule has 0 heterocycles. The van der Waals surface area contributed by atoms with Gasteiger partial charge in [0.2, 0.25) is 0 Å². The summed E-state index contributed by atoms with van der Waals surface area (Å²) in [5, 5.41) is 5.45. The van der Waals surface area contributed by atoms with Crippen LogP contribution in [0.5, 0.6) is 5.75 Å². The number of benzene rings is 2. The second-order valence-corrected chi connectivity index (χ2v) is 5.46. The van der Waals surface area contributed by atoms with E-state index in [4.69, 9.17) is 4.74 Å². The lowest BCUT2D eigenvalue weighted by Gasteiger charge is -2.09. The van der Waals surface area contributed by atoms with Crippen LogP contribution in [0.15, 0.2) is 48.5 Å². The number of ether oxygens (including phenoxy) is 2. The molecule has 2 N–H and O–H groups in total. The average Bonchev–Trinajstić information content (AvgIpc) is 2.63. The number of aryl methyl sites for hydroxylation is 1. The summed E-state index contributed by atoms with van der Waals surface area (Å²) in [4.78, 5) is 23.1. The molecule has 2 aromatic rings. The summed E-state index contributed by atoms with van der Waals surface area (Å²) in [7, 11) is 1.32. The fourth-order valence-corrected chi connectivity index (χ4v) is 2.08. The number of anilines is 1. The molecule has 0 aliphatic rings. The lowest BCUT2D eigenvalue weighted by Crippen LogP contribution is -2.30. The quantitative estimate of drug-likeness (QED) is 0.597. The molecular weight excluding hydrogens is 320 g/mol. The summed E-state index contributed by atoms with van der Waals surface area (Å²) >= 11 is 0. The summed E-state index contributed by atoms with van der Waals surface area (Å²) in [6, 6.07) is 14.0. The summed E-state index contributed by atoms with van der Waals surface area (Å²) in [5.74, 6) is 0.408. The fourth-order valence-electron chi connectivity index (χ4n) is 2.08. The molecule has 2 amide bonds. The van der Waals surface area contributed by atoms with Crippen molar-refractivity contribution in [1.82, 2.24) is 5.32 Å². The van der Waals surface area contributed by atoms with Gasteiger partial charge < -0.3 is 20.1 Å². The zero-order valence-electron chi connectivity index (χ0n) is 14.4. The minimum atomic E-state index is -0.412. The standard InChI is InChI=1S/C19H22N2O4/c1-14-4-10-17(11-5-14)25-13-3-12-20-19(23)21-16-8-6-15(7-9-16)18(22)24-2/h4-11H,3,12-13H2,1-2H3,(H2,20,21,23). The van der Waals surface area contributed by atoms with Crippen LogP contribution in [0, 0.1) is 6.92 Å². The van der Waals surface area contributed by atoms with Crippen molar-refractivity contribution in [2.45, 2.75) is 13.3 Å². The smallest absolute Gasteiger partial charge is 0.337 e. The van der Waals surface area contributed by atoms with E-state index < -0.39 is 5.97 Å². The maximum Gasteiger partial charge on any atom is 0.337 e. The van der Waals surface area contributed by atoms with Gasteiger partial charge in [-0.1, -0.05) is 17.7 Å². The molecule has 0 unspecified atom stereocenters. The Morgan fingerprint density at radius 2 is 1.68 bits per heavy atom. The molecule has 0 radical (unpaired) electrons. The molecule has 0 aromatic heterocycles. The van der Waals surface area contributed by atoms with Crippen LogP contribution in [0.1, 0.15) is 22.3 Å². The molecular formula is C19H22N2O4. The van der Waals surface area contributed by atoms with Crippen LogP contribution in [0.25, 0.3) is 0 Å². The Hall–Kier alpha value is -3.02. The van der Waals surface area contributed by atoms with Crippen molar-refractivity contribution in [3.8, 4) is 5.75 Å². The highest BCUT2D eigenvalue weighted by atomic mass is 16.5. The normalized spacial score (nSPS) is 10.0. The van der Waals surface area contributed by atoms with Crippen molar-refractivity contribution in [3.05, 3.63) is 59.7 Å². The number of nitrogens with one attached hydrogen (secondary N) is 2. The van der Waals surface area contributed by atoms with E-state index in [-0.39, 0.29) is 6.03 Å². The van der Waals surface area contributed by atoms with Crippen LogP contribution in [0.3, 0.4) is 0 Å². The second-order valence-electron chi connectivity index (χ2n) is 5.46. The van der Waals surface area contributed by atoms with Gasteiger partial charge in [-0.25, -0.2) is 9.59 Å². The van der Waals surface area contributed by atoms with Gasteiger partial charge in [-0.3, -0.25) is 0 Å². The van der Waals surface area contributed by atoms with Crippen LogP contribution in [-0.4, -0.2) is 32.3 Å². The first-order valence-corrected chi connectivity index (χ1v) is 8.01. The summed E-state index contributed by atoms with van der Waals surface area (Å²) in [6.45, 7) is 3.05. The second kappa shape index (κ2) is 9.32. The van der Waals surface area contributed by atoms with Gasteiger partial charge in [-0.15, -0.1) is 0 Å². The largest absolute Gasteiger partial charge is 0.494 e. The third-order valence-electron chi connectivity index (χ3n) is 3.46. The van der Waals surface area contributed by atoms with Gasteiger partial charge in [0.05, 0.1) is 19.3 Å². The van der Waals surface area contributed by atoms with Gasteiger partial charge in [0.15, 0.2) is 0 Å². The van der Waals surface area contributed by atoms with Crippen molar-refractivity contribution < 1.29 is 19.1 Å². The highest BCUT2D eigenvalue weighted by molar-refractivity contribution is 5.92. The van der Waals surface area contributed by atoms with Gasteiger partial charge >= 0.3 is 12.0 Å². The van der Waals surface area contributed by atoms with E-state index >= 15 is 0 Å². The van der Waals surface area contributed by atoms with Crippen molar-refractivity contribution in [1.29, 1.82) is 0 Å². The predicted octanol–water partition coefficient (Wildman–Crippen LogP) is 3.37. The van der Waals surface area contributed by atoms with Crippen molar-refractivity contribution >= 4 is 17.7 Å². The van der Waals surface area contributed by atoms with Gasteiger partial charge in [0, 0.05) is 12.2 Å². The average molecular weight is 342 g/mol. The molecule has 0 saturated carbocycles. The van der Waals surface area contributed by atoms with E-state index in [0.29, 0.717) is 30.8 Å². The molecule has 25 heavy (non-hydrogen) atoms. The zero-order valence-corrected chi connectivity index (χ0v) is 14.4. The Bertz CT molecular complexity index is 696. The predicted molar refractivity (Wildman–Crippen MR) is 96.1 cm³/mol. The Kier molecular flexibility index (Phi) is 6.83. The number of hydrogen-bond donors (Lipinski definition) is 2. The summed E-state index contributed by atoms with van der Waals surface area (Å²) < 4.78 is 10.2. The first-order valence-electron chi connectivity index (χ1n) is 8.01. The first-order chi connectivity index (χ1) is 12.1. The molecule has 0 saturated heterocycles. The van der Waals surface area contributed by atoms with E-state index in [1.54, 1.807) is 24.3 Å². The first kappa shape index (κ1) is 18.3. The topological polar surface area (TPSA) is 76.7 Å². The minimum Gasteiger partial charge on any atom is -0.494 e. The number of methoxy groups -OCH3 is 1. The van der Waals surface area contributed by atoms with Crippen molar-refractivity contribution in [2.24, 2.45) is 0 Å². The van der Waals surface area contributed by atoms with Crippen LogP contribution >= 0.6 is 0 Å². The number of urea groups is 1. The molecule has 0 bridgehead atoms. The van der Waals surface area contributed by atoms with Crippen LogP contribution < -0.4 is 15.4 Å². The van der Waals surface area contributed by atoms with Gasteiger partial charge in [-0.2, -0.15) is 0 Å². The number of amides is 2. The summed E-state index contributed by atoms with van der Waals surface area (Å²) in [6.07, 6.45) is 0.697. The lowest BCUT2D eigenvalue weighted by atomic mass is 10.2. The van der Waals surface area contributed by atoms with Crippen molar-refractivity contribution in [3.63, 3.8) is 0 Å². The minimum absolute atomic E-state index is 0.304. The third-order valence-corrected chi connectivity index (χ3v) is 3.46. The molecule has 2 aromatic carbocycles. The van der Waals surface area contributed by atoms with Gasteiger partial charge in [0.1, 0.15) is 5.75 Å². The van der Waals surface area contributed by atoms with E-state index in [9.17, 15) is 9.59 Å². The molecule has 0 spiro atoms. The number of esters is 1. The Morgan fingerprint density at radius 3 is 2.32 bits per heavy atom.